The van der Waals surface area contributed by atoms with E-state index in [4.69, 9.17) is 0 Å². The van der Waals surface area contributed by atoms with E-state index in [9.17, 15) is 9.59 Å². The van der Waals surface area contributed by atoms with Crippen molar-refractivity contribution in [2.75, 3.05) is 18.4 Å². The van der Waals surface area contributed by atoms with Crippen LogP contribution in [0, 0.1) is 6.92 Å². The van der Waals surface area contributed by atoms with E-state index in [2.05, 4.69) is 22.4 Å². The molecule has 0 unspecified atom stereocenters. The third kappa shape index (κ3) is 4.31. The highest BCUT2D eigenvalue weighted by atomic mass is 16.2. The lowest BCUT2D eigenvalue weighted by molar-refractivity contribution is -0.132. The van der Waals surface area contributed by atoms with E-state index in [-0.39, 0.29) is 11.5 Å². The van der Waals surface area contributed by atoms with Gasteiger partial charge in [-0.15, -0.1) is 0 Å². The summed E-state index contributed by atoms with van der Waals surface area (Å²) >= 11 is 0. The van der Waals surface area contributed by atoms with Gasteiger partial charge in [0.2, 0.25) is 5.91 Å². The molecular weight excluding hydrogens is 364 g/mol. The second kappa shape index (κ2) is 8.47. The van der Waals surface area contributed by atoms with Crippen molar-refractivity contribution in [2.24, 2.45) is 0 Å². The van der Waals surface area contributed by atoms with Gasteiger partial charge in [-0.05, 0) is 43.5 Å². The number of hydrogen-bond donors (Lipinski definition) is 1. The molecule has 1 saturated heterocycles. The van der Waals surface area contributed by atoms with Gasteiger partial charge in [0, 0.05) is 37.8 Å². The molecule has 0 aliphatic carbocycles. The van der Waals surface area contributed by atoms with E-state index in [0.29, 0.717) is 24.4 Å². The number of carbonyl (C=O) groups excluding carboxylic acids is 1. The van der Waals surface area contributed by atoms with Gasteiger partial charge in [-0.2, -0.15) is 0 Å². The second-order valence-electron chi connectivity index (χ2n) is 7.63. The van der Waals surface area contributed by atoms with E-state index < -0.39 is 0 Å². The quantitative estimate of drug-likeness (QED) is 0.727. The Balaban J connectivity index is 1.32. The van der Waals surface area contributed by atoms with Crippen molar-refractivity contribution in [3.8, 4) is 0 Å². The minimum atomic E-state index is -0.0859. The van der Waals surface area contributed by atoms with Crippen LogP contribution in [0.3, 0.4) is 0 Å². The number of anilines is 1. The minimum Gasteiger partial charge on any atom is -0.382 e. The smallest absolute Gasteiger partial charge is 0.261 e. The number of aryl methyl sites for hydroxylation is 2. The number of fused-ring (bicyclic) bond motifs is 1. The predicted octanol–water partition coefficient (Wildman–Crippen LogP) is 3.20. The molecule has 0 saturated carbocycles. The molecule has 29 heavy (non-hydrogen) atoms. The summed E-state index contributed by atoms with van der Waals surface area (Å²) in [6.07, 6.45) is 3.73. The summed E-state index contributed by atoms with van der Waals surface area (Å²) in [5.41, 5.74) is 2.75. The number of aromatic nitrogens is 2. The van der Waals surface area contributed by atoms with Gasteiger partial charge in [-0.3, -0.25) is 14.2 Å². The van der Waals surface area contributed by atoms with Gasteiger partial charge in [0.05, 0.1) is 17.2 Å². The average molecular weight is 390 g/mol. The van der Waals surface area contributed by atoms with Crippen LogP contribution in [-0.4, -0.2) is 39.5 Å². The monoisotopic (exact) mass is 390 g/mol. The van der Waals surface area contributed by atoms with Crippen LogP contribution in [0.15, 0.2) is 59.7 Å². The van der Waals surface area contributed by atoms with E-state index in [1.807, 2.05) is 42.2 Å². The number of benzene rings is 2. The van der Waals surface area contributed by atoms with Gasteiger partial charge < -0.3 is 10.2 Å². The summed E-state index contributed by atoms with van der Waals surface area (Å²) in [5.74, 6) is 0.0967. The zero-order valence-electron chi connectivity index (χ0n) is 16.7. The normalized spacial score (nSPS) is 14.9. The van der Waals surface area contributed by atoms with Crippen LogP contribution in [0.25, 0.3) is 10.9 Å². The Morgan fingerprint density at radius 2 is 1.86 bits per heavy atom. The van der Waals surface area contributed by atoms with E-state index in [1.54, 1.807) is 17.0 Å². The molecule has 6 heteroatoms. The number of para-hydroxylation sites is 2. The number of likely N-dealkylation sites (tertiary alicyclic amines) is 1. The average Bonchev–Trinajstić information content (AvgIpc) is 2.75. The van der Waals surface area contributed by atoms with Gasteiger partial charge in [0.1, 0.15) is 0 Å². The fraction of sp³-hybridized carbons (Fsp3) is 0.348. The molecule has 1 N–H and O–H groups in total. The molecule has 1 fully saturated rings. The summed E-state index contributed by atoms with van der Waals surface area (Å²) in [4.78, 5) is 31.6. The molecule has 1 amide bonds. The van der Waals surface area contributed by atoms with Gasteiger partial charge in [-0.25, -0.2) is 4.98 Å². The molecule has 0 spiro atoms. The molecule has 3 aromatic rings. The highest BCUT2D eigenvalue weighted by Gasteiger charge is 2.22. The van der Waals surface area contributed by atoms with Crippen molar-refractivity contribution in [3.63, 3.8) is 0 Å². The number of rotatable bonds is 5. The number of piperidine rings is 1. The largest absolute Gasteiger partial charge is 0.382 e. The highest BCUT2D eigenvalue weighted by molar-refractivity contribution is 5.80. The summed E-state index contributed by atoms with van der Waals surface area (Å²) in [7, 11) is 0. The second-order valence-corrected chi connectivity index (χ2v) is 7.63. The van der Waals surface area contributed by atoms with Gasteiger partial charge >= 0.3 is 0 Å². The first kappa shape index (κ1) is 19.2. The van der Waals surface area contributed by atoms with E-state index >= 15 is 0 Å². The molecule has 2 heterocycles. The summed E-state index contributed by atoms with van der Waals surface area (Å²) in [6, 6.07) is 16.2. The Labute approximate surface area is 170 Å². The van der Waals surface area contributed by atoms with E-state index in [0.717, 1.165) is 42.7 Å². The first-order valence-electron chi connectivity index (χ1n) is 10.2. The maximum absolute atomic E-state index is 12.7. The fourth-order valence-corrected chi connectivity index (χ4v) is 3.91. The zero-order chi connectivity index (χ0) is 20.2. The third-order valence-electron chi connectivity index (χ3n) is 5.61. The lowest BCUT2D eigenvalue weighted by atomic mass is 10.0. The molecule has 150 valence electrons. The molecule has 4 rings (SSSR count). The zero-order valence-corrected chi connectivity index (χ0v) is 16.7. The Bertz CT molecular complexity index is 1050. The molecule has 0 atom stereocenters. The van der Waals surface area contributed by atoms with Crippen molar-refractivity contribution >= 4 is 22.5 Å². The van der Waals surface area contributed by atoms with Gasteiger partial charge in [0.25, 0.3) is 5.56 Å². The molecule has 1 aromatic heterocycles. The molecule has 0 bridgehead atoms. The summed E-state index contributed by atoms with van der Waals surface area (Å²) < 4.78 is 1.55. The van der Waals surface area contributed by atoms with Crippen LogP contribution in [0.5, 0.6) is 0 Å². The molecule has 1 aliphatic rings. The first-order chi connectivity index (χ1) is 14.1. The number of carbonyl (C=O) groups is 1. The Hall–Kier alpha value is -3.15. The molecular formula is C23H26N4O2. The fourth-order valence-electron chi connectivity index (χ4n) is 3.91. The maximum atomic E-state index is 12.7. The molecule has 0 radical (unpaired) electrons. The Morgan fingerprint density at radius 1 is 1.10 bits per heavy atom. The standard InChI is InChI=1S/C23H26N4O2/c1-17-6-5-9-20-22(17)24-16-27(23(20)29)15-12-21(28)26-13-10-19(11-14-26)25-18-7-3-2-4-8-18/h2-9,16,19,25H,10-15H2,1H3. The number of amides is 1. The lowest BCUT2D eigenvalue weighted by Gasteiger charge is -2.33. The molecule has 2 aromatic carbocycles. The van der Waals surface area contributed by atoms with Crippen molar-refractivity contribution in [3.05, 3.63) is 70.8 Å². The third-order valence-corrected chi connectivity index (χ3v) is 5.61. The number of nitrogens with one attached hydrogen (secondary N) is 1. The van der Waals surface area contributed by atoms with Crippen LogP contribution >= 0.6 is 0 Å². The highest BCUT2D eigenvalue weighted by Crippen LogP contribution is 2.17. The predicted molar refractivity (Wildman–Crippen MR) is 115 cm³/mol. The van der Waals surface area contributed by atoms with E-state index in [1.165, 1.54) is 0 Å². The van der Waals surface area contributed by atoms with Crippen molar-refractivity contribution in [1.29, 1.82) is 0 Å². The Morgan fingerprint density at radius 3 is 2.62 bits per heavy atom. The maximum Gasteiger partial charge on any atom is 0.261 e. The van der Waals surface area contributed by atoms with Crippen LogP contribution in [0.4, 0.5) is 5.69 Å². The van der Waals surface area contributed by atoms with Crippen molar-refractivity contribution in [1.82, 2.24) is 14.5 Å². The SMILES string of the molecule is Cc1cccc2c(=O)n(CCC(=O)N3CCC(Nc4ccccc4)CC3)cnc12. The van der Waals surface area contributed by atoms with Gasteiger partial charge in [-0.1, -0.05) is 30.3 Å². The van der Waals surface area contributed by atoms with Crippen molar-refractivity contribution < 1.29 is 4.79 Å². The van der Waals surface area contributed by atoms with Crippen LogP contribution < -0.4 is 10.9 Å². The first-order valence-corrected chi connectivity index (χ1v) is 10.2. The van der Waals surface area contributed by atoms with Gasteiger partial charge in [0.15, 0.2) is 0 Å². The molecule has 1 aliphatic heterocycles. The molecule has 6 nitrogen and oxygen atoms in total. The van der Waals surface area contributed by atoms with Crippen LogP contribution in [-0.2, 0) is 11.3 Å². The minimum absolute atomic E-state index is 0.0859. The van der Waals surface area contributed by atoms with Crippen LogP contribution in [0.1, 0.15) is 24.8 Å². The summed E-state index contributed by atoms with van der Waals surface area (Å²) in [6.45, 7) is 3.79. The number of nitrogens with zero attached hydrogens (tertiary/aromatic N) is 3. The van der Waals surface area contributed by atoms with Crippen LogP contribution in [0.2, 0.25) is 0 Å². The Kier molecular flexibility index (Phi) is 5.60. The summed E-state index contributed by atoms with van der Waals surface area (Å²) in [5, 5.41) is 4.14. The number of hydrogen-bond acceptors (Lipinski definition) is 4. The topological polar surface area (TPSA) is 67.2 Å². The van der Waals surface area contributed by atoms with Crippen molar-refractivity contribution in [2.45, 2.75) is 38.8 Å². The lowest BCUT2D eigenvalue weighted by Crippen LogP contribution is -2.42.